The van der Waals surface area contributed by atoms with Gasteiger partial charge in [-0.05, 0) is 48.5 Å². The lowest BCUT2D eigenvalue weighted by molar-refractivity contribution is -0.115. The summed E-state index contributed by atoms with van der Waals surface area (Å²) in [5.41, 5.74) is 2.28. The Labute approximate surface area is 171 Å². The van der Waals surface area contributed by atoms with E-state index in [0.29, 0.717) is 16.7 Å². The number of rotatable bonds is 6. The third-order valence-electron chi connectivity index (χ3n) is 4.12. The first-order valence-electron chi connectivity index (χ1n) is 8.89. The molecule has 29 heavy (non-hydrogen) atoms. The molecule has 0 spiro atoms. The summed E-state index contributed by atoms with van der Waals surface area (Å²) in [5.74, 6) is 0.538. The van der Waals surface area contributed by atoms with Crippen molar-refractivity contribution in [3.05, 3.63) is 84.9 Å². The SMILES string of the molecule is O=C(CSc1nnc(-c2ccc(O)cc2)o1)N(c1ccccc1)c1ccccc1. The van der Waals surface area contributed by atoms with Gasteiger partial charge in [-0.1, -0.05) is 48.2 Å². The molecule has 1 N–H and O–H groups in total. The van der Waals surface area contributed by atoms with E-state index in [1.165, 1.54) is 11.8 Å². The molecule has 4 aromatic rings. The zero-order valence-corrected chi connectivity index (χ0v) is 16.1. The molecule has 0 aliphatic heterocycles. The number of carbonyl (C=O) groups is 1. The van der Waals surface area contributed by atoms with Gasteiger partial charge in [0.25, 0.3) is 5.22 Å². The van der Waals surface area contributed by atoms with Crippen molar-refractivity contribution in [3.8, 4) is 17.2 Å². The molecule has 3 aromatic carbocycles. The number of aromatic nitrogens is 2. The van der Waals surface area contributed by atoms with Crippen LogP contribution in [0.25, 0.3) is 11.5 Å². The van der Waals surface area contributed by atoms with Crippen molar-refractivity contribution in [1.29, 1.82) is 0 Å². The fourth-order valence-corrected chi connectivity index (χ4v) is 3.38. The zero-order chi connectivity index (χ0) is 20.1. The fraction of sp³-hybridized carbons (Fsp3) is 0.0455. The normalized spacial score (nSPS) is 10.6. The van der Waals surface area contributed by atoms with E-state index in [0.717, 1.165) is 11.4 Å². The number of thioether (sulfide) groups is 1. The monoisotopic (exact) mass is 403 g/mol. The minimum atomic E-state index is -0.100. The van der Waals surface area contributed by atoms with Gasteiger partial charge in [0.1, 0.15) is 5.75 Å². The number of hydrogen-bond donors (Lipinski definition) is 1. The van der Waals surface area contributed by atoms with Crippen LogP contribution in [0.3, 0.4) is 0 Å². The summed E-state index contributed by atoms with van der Waals surface area (Å²) >= 11 is 1.18. The number of hydrogen-bond acceptors (Lipinski definition) is 6. The quantitative estimate of drug-likeness (QED) is 0.461. The number of amides is 1. The number of benzene rings is 3. The Morgan fingerprint density at radius 1 is 0.862 bits per heavy atom. The van der Waals surface area contributed by atoms with Crippen molar-refractivity contribution in [2.24, 2.45) is 0 Å². The minimum Gasteiger partial charge on any atom is -0.508 e. The molecule has 0 saturated heterocycles. The Hall–Kier alpha value is -3.58. The molecule has 0 fully saturated rings. The van der Waals surface area contributed by atoms with Gasteiger partial charge in [0.2, 0.25) is 11.8 Å². The van der Waals surface area contributed by atoms with Crippen LogP contribution >= 0.6 is 11.8 Å². The third-order valence-corrected chi connectivity index (χ3v) is 4.92. The molecule has 0 atom stereocenters. The van der Waals surface area contributed by atoms with Crippen LogP contribution in [-0.2, 0) is 4.79 Å². The molecule has 0 aliphatic carbocycles. The predicted molar refractivity (Wildman–Crippen MR) is 112 cm³/mol. The van der Waals surface area contributed by atoms with Gasteiger partial charge in [-0.3, -0.25) is 9.69 Å². The highest BCUT2D eigenvalue weighted by atomic mass is 32.2. The Kier molecular flexibility index (Phi) is 5.58. The van der Waals surface area contributed by atoms with Crippen molar-refractivity contribution in [2.45, 2.75) is 5.22 Å². The van der Waals surface area contributed by atoms with Crippen molar-refractivity contribution < 1.29 is 14.3 Å². The number of carbonyl (C=O) groups excluding carboxylic acids is 1. The summed E-state index contributed by atoms with van der Waals surface area (Å²) in [4.78, 5) is 14.7. The molecule has 6 nitrogen and oxygen atoms in total. The average molecular weight is 403 g/mol. The van der Waals surface area contributed by atoms with Crippen LogP contribution < -0.4 is 4.90 Å². The lowest BCUT2D eigenvalue weighted by Crippen LogP contribution is -2.27. The Morgan fingerprint density at radius 2 is 1.45 bits per heavy atom. The summed E-state index contributed by atoms with van der Waals surface area (Å²) in [6.45, 7) is 0. The maximum Gasteiger partial charge on any atom is 0.277 e. The minimum absolute atomic E-state index is 0.100. The average Bonchev–Trinajstić information content (AvgIpc) is 3.24. The number of aromatic hydroxyl groups is 1. The standard InChI is InChI=1S/C22H17N3O3S/c26-19-13-11-16(12-14-19)21-23-24-22(28-21)29-15-20(27)25(17-7-3-1-4-8-17)18-9-5-2-6-10-18/h1-14,26H,15H2. The number of anilines is 2. The predicted octanol–water partition coefficient (Wildman–Crippen LogP) is 4.90. The first-order valence-corrected chi connectivity index (χ1v) is 9.88. The summed E-state index contributed by atoms with van der Waals surface area (Å²) in [7, 11) is 0. The molecule has 4 rings (SSSR count). The molecule has 1 aromatic heterocycles. The highest BCUT2D eigenvalue weighted by Gasteiger charge is 2.19. The molecular weight excluding hydrogens is 386 g/mol. The van der Waals surface area contributed by atoms with Crippen molar-refractivity contribution in [2.75, 3.05) is 10.7 Å². The lowest BCUT2D eigenvalue weighted by atomic mass is 10.2. The van der Waals surface area contributed by atoms with Gasteiger partial charge in [-0.25, -0.2) is 0 Å². The smallest absolute Gasteiger partial charge is 0.277 e. The van der Waals surface area contributed by atoms with Crippen LogP contribution in [0.15, 0.2) is 94.6 Å². The van der Waals surface area contributed by atoms with Gasteiger partial charge < -0.3 is 9.52 Å². The Bertz CT molecular complexity index is 1040. The molecular formula is C22H17N3O3S. The van der Waals surface area contributed by atoms with Gasteiger partial charge in [-0.2, -0.15) is 0 Å². The van der Waals surface area contributed by atoms with Crippen molar-refractivity contribution in [3.63, 3.8) is 0 Å². The van der Waals surface area contributed by atoms with Crippen LogP contribution in [0.4, 0.5) is 11.4 Å². The van der Waals surface area contributed by atoms with Gasteiger partial charge >= 0.3 is 0 Å². The van der Waals surface area contributed by atoms with Gasteiger partial charge in [0, 0.05) is 16.9 Å². The van der Waals surface area contributed by atoms with E-state index in [1.807, 2.05) is 60.7 Å². The van der Waals surface area contributed by atoms with E-state index in [4.69, 9.17) is 4.42 Å². The summed E-state index contributed by atoms with van der Waals surface area (Å²) < 4.78 is 5.64. The first kappa shape index (κ1) is 18.8. The number of para-hydroxylation sites is 2. The van der Waals surface area contributed by atoms with Crippen molar-refractivity contribution in [1.82, 2.24) is 10.2 Å². The second-order valence-corrected chi connectivity index (χ2v) is 7.04. The maximum atomic E-state index is 13.0. The van der Waals surface area contributed by atoms with Crippen LogP contribution in [0.5, 0.6) is 5.75 Å². The van der Waals surface area contributed by atoms with E-state index in [9.17, 15) is 9.90 Å². The fourth-order valence-electron chi connectivity index (χ4n) is 2.77. The van der Waals surface area contributed by atoms with E-state index >= 15 is 0 Å². The van der Waals surface area contributed by atoms with E-state index in [-0.39, 0.29) is 17.4 Å². The largest absolute Gasteiger partial charge is 0.508 e. The Morgan fingerprint density at radius 3 is 2.03 bits per heavy atom. The zero-order valence-electron chi connectivity index (χ0n) is 15.3. The molecule has 0 unspecified atom stereocenters. The highest BCUT2D eigenvalue weighted by molar-refractivity contribution is 7.99. The number of phenols is 1. The summed E-state index contributed by atoms with van der Waals surface area (Å²) in [5, 5.41) is 17.7. The van der Waals surface area contributed by atoms with Crippen LogP contribution in [0.1, 0.15) is 0 Å². The van der Waals surface area contributed by atoms with Gasteiger partial charge in [0.15, 0.2) is 0 Å². The Balaban J connectivity index is 1.49. The van der Waals surface area contributed by atoms with Gasteiger partial charge in [-0.15, -0.1) is 10.2 Å². The molecule has 0 radical (unpaired) electrons. The lowest BCUT2D eigenvalue weighted by Gasteiger charge is -2.22. The topological polar surface area (TPSA) is 79.5 Å². The first-order chi connectivity index (χ1) is 14.2. The molecule has 144 valence electrons. The van der Waals surface area contributed by atoms with Crippen LogP contribution in [0.2, 0.25) is 0 Å². The molecule has 0 aliphatic rings. The number of phenolic OH excluding ortho intramolecular Hbond substituents is 1. The van der Waals surface area contributed by atoms with E-state index < -0.39 is 0 Å². The highest BCUT2D eigenvalue weighted by Crippen LogP contribution is 2.28. The maximum absolute atomic E-state index is 13.0. The number of nitrogens with zero attached hydrogens (tertiary/aromatic N) is 3. The molecule has 0 bridgehead atoms. The third kappa shape index (κ3) is 4.47. The molecule has 1 heterocycles. The molecule has 1 amide bonds. The van der Waals surface area contributed by atoms with E-state index in [2.05, 4.69) is 10.2 Å². The summed E-state index contributed by atoms with van der Waals surface area (Å²) in [6, 6.07) is 25.5. The van der Waals surface area contributed by atoms with Crippen molar-refractivity contribution >= 4 is 29.0 Å². The summed E-state index contributed by atoms with van der Waals surface area (Å²) in [6.07, 6.45) is 0. The second-order valence-electron chi connectivity index (χ2n) is 6.11. The van der Waals surface area contributed by atoms with Gasteiger partial charge in [0.05, 0.1) is 5.75 Å². The second kappa shape index (κ2) is 8.62. The van der Waals surface area contributed by atoms with Crippen LogP contribution in [0, 0.1) is 0 Å². The molecule has 7 heteroatoms. The van der Waals surface area contributed by atoms with E-state index in [1.54, 1.807) is 29.2 Å². The van der Waals surface area contributed by atoms with Crippen LogP contribution in [-0.4, -0.2) is 27.0 Å². The molecule has 0 saturated carbocycles.